The van der Waals surface area contributed by atoms with Crippen molar-refractivity contribution in [3.05, 3.63) is 28.3 Å². The first-order chi connectivity index (χ1) is 20.2. The molecule has 242 valence electrons. The quantitative estimate of drug-likeness (QED) is 0.387. The number of carbonyl (C=O) groups excluding carboxylic acids is 5. The van der Waals surface area contributed by atoms with Crippen LogP contribution in [0.3, 0.4) is 0 Å². The highest BCUT2D eigenvalue weighted by Crippen LogP contribution is 2.52. The number of Topliss-reactive ketones (excluding diaryl/α,β-unsaturated/α-hetero) is 4. The van der Waals surface area contributed by atoms with Crippen molar-refractivity contribution >= 4 is 29.0 Å². The topological polar surface area (TPSA) is 158 Å². The molecule has 2 unspecified atom stereocenters. The van der Waals surface area contributed by atoms with E-state index in [1.54, 1.807) is 0 Å². The van der Waals surface area contributed by atoms with Crippen molar-refractivity contribution in [2.45, 2.75) is 71.3 Å². The maximum absolute atomic E-state index is 14.8. The largest absolute Gasteiger partial charge is 0.507 e. The number of ketones is 4. The zero-order valence-corrected chi connectivity index (χ0v) is 25.7. The number of likely N-dealkylation sites (N-methyl/N-ethyl adjacent to an activating group) is 1. The van der Waals surface area contributed by atoms with Crippen LogP contribution < -0.4 is 5.73 Å². The van der Waals surface area contributed by atoms with Crippen LogP contribution in [0.1, 0.15) is 67.6 Å². The van der Waals surface area contributed by atoms with Gasteiger partial charge in [0.05, 0.1) is 23.1 Å². The van der Waals surface area contributed by atoms with Crippen LogP contribution >= 0.6 is 0 Å². The molecule has 0 saturated heterocycles. The molecule has 0 heterocycles. The number of hydrogen-bond donors (Lipinski definition) is 3. The van der Waals surface area contributed by atoms with Crippen molar-refractivity contribution < 1.29 is 47.4 Å². The van der Waals surface area contributed by atoms with E-state index < -0.39 is 99.4 Å². The molecule has 0 spiro atoms. The first-order valence-corrected chi connectivity index (χ1v) is 14.7. The highest BCUT2D eigenvalue weighted by atomic mass is 19.4. The Morgan fingerprint density at radius 2 is 1.73 bits per heavy atom. The summed E-state index contributed by atoms with van der Waals surface area (Å²) in [5, 5.41) is 22.6. The fraction of sp³-hybridized carbons (Fsp3) is 0.645. The lowest BCUT2D eigenvalue weighted by atomic mass is 9.52. The lowest BCUT2D eigenvalue weighted by Gasteiger charge is -2.52. The van der Waals surface area contributed by atoms with Crippen LogP contribution in [0.5, 0.6) is 5.75 Å². The molecule has 4 N–H and O–H groups in total. The Morgan fingerprint density at radius 3 is 2.23 bits per heavy atom. The molecule has 10 nitrogen and oxygen atoms in total. The normalized spacial score (nSPS) is 29.1. The molecule has 0 bridgehead atoms. The summed E-state index contributed by atoms with van der Waals surface area (Å²) in [5.41, 5.74) is -0.120. The predicted molar refractivity (Wildman–Crippen MR) is 151 cm³/mol. The van der Waals surface area contributed by atoms with Crippen LogP contribution in [0, 0.1) is 29.1 Å². The van der Waals surface area contributed by atoms with Crippen LogP contribution in [-0.4, -0.2) is 87.9 Å². The van der Waals surface area contributed by atoms with Gasteiger partial charge in [0.1, 0.15) is 5.75 Å². The predicted octanol–water partition coefficient (Wildman–Crippen LogP) is 2.14. The SMILES string of the molecule is CCN(CCC(C)(C)C)Cc1cc(O)c2c(c1C(F)(F)F)C[C@H]1C[C@H]3[C@H](N(C)C)C(=O)C(C(N)=O)C(=O)[C@@]3(O)C(=O)C1C2=O. The van der Waals surface area contributed by atoms with Crippen LogP contribution in [0.4, 0.5) is 13.2 Å². The second-order valence-corrected chi connectivity index (χ2v) is 13.7. The third kappa shape index (κ3) is 5.47. The van der Waals surface area contributed by atoms with Gasteiger partial charge in [-0.05, 0) is 75.0 Å². The number of aromatic hydroxyl groups is 1. The highest BCUT2D eigenvalue weighted by Gasteiger charge is 2.69. The van der Waals surface area contributed by atoms with Gasteiger partial charge in [-0.1, -0.05) is 27.7 Å². The first kappa shape index (κ1) is 33.7. The Labute approximate surface area is 253 Å². The van der Waals surface area contributed by atoms with E-state index in [2.05, 4.69) is 0 Å². The number of carbonyl (C=O) groups is 5. The number of fused-ring (bicyclic) bond motifs is 3. The fourth-order valence-electron chi connectivity index (χ4n) is 7.31. The zero-order valence-electron chi connectivity index (χ0n) is 25.7. The number of nitrogens with two attached hydrogens (primary N) is 1. The molecule has 2 saturated carbocycles. The van der Waals surface area contributed by atoms with Crippen LogP contribution in [-0.2, 0) is 38.3 Å². The molecule has 6 atom stereocenters. The smallest absolute Gasteiger partial charge is 0.417 e. The molecule has 44 heavy (non-hydrogen) atoms. The van der Waals surface area contributed by atoms with E-state index in [1.807, 2.05) is 32.6 Å². The van der Waals surface area contributed by atoms with Gasteiger partial charge in [0.15, 0.2) is 34.7 Å². The first-order valence-electron chi connectivity index (χ1n) is 14.7. The number of rotatable bonds is 7. The van der Waals surface area contributed by atoms with Crippen molar-refractivity contribution in [2.75, 3.05) is 27.2 Å². The molecule has 1 amide bonds. The molecule has 3 aliphatic carbocycles. The van der Waals surface area contributed by atoms with Gasteiger partial charge in [0, 0.05) is 12.5 Å². The highest BCUT2D eigenvalue weighted by molar-refractivity contribution is 6.32. The molecule has 13 heteroatoms. The standard InChI is InChI=1S/C31H40F3N3O7/c1-7-37(9-8-29(2,3)4)13-15-12-18(38)20-16(22(15)31(32,33)34)10-14-11-17-23(36(5)6)25(40)21(28(35)43)27(42)30(17,44)26(41)19(14)24(20)39/h12,14,17,19,21,23,38,44H,7-11,13H2,1-6H3,(H2,35,43)/t14-,17-,19?,21?,23-,30-/m0/s1. The number of phenols is 1. The van der Waals surface area contributed by atoms with Gasteiger partial charge in [-0.25, -0.2) is 0 Å². The third-order valence-electron chi connectivity index (χ3n) is 9.45. The van der Waals surface area contributed by atoms with Gasteiger partial charge in [0.25, 0.3) is 0 Å². The lowest BCUT2D eigenvalue weighted by Crippen LogP contribution is -2.74. The number of alkyl halides is 3. The number of halogens is 3. The molecule has 0 radical (unpaired) electrons. The van der Waals surface area contributed by atoms with Crippen LogP contribution in [0.25, 0.3) is 0 Å². The molecule has 1 aromatic carbocycles. The van der Waals surface area contributed by atoms with Crippen molar-refractivity contribution in [3.8, 4) is 5.75 Å². The number of hydrogen-bond acceptors (Lipinski definition) is 9. The second-order valence-electron chi connectivity index (χ2n) is 13.7. The molecule has 0 aromatic heterocycles. The van der Waals surface area contributed by atoms with Crippen LogP contribution in [0.15, 0.2) is 6.07 Å². The Hall–Kier alpha value is -3.16. The Balaban J connectivity index is 1.85. The van der Waals surface area contributed by atoms with E-state index in [9.17, 15) is 47.4 Å². The van der Waals surface area contributed by atoms with Crippen LogP contribution in [0.2, 0.25) is 0 Å². The van der Waals surface area contributed by atoms with Crippen molar-refractivity contribution in [1.29, 1.82) is 0 Å². The van der Waals surface area contributed by atoms with E-state index in [0.717, 1.165) is 6.07 Å². The van der Waals surface area contributed by atoms with E-state index in [-0.39, 0.29) is 23.9 Å². The average Bonchev–Trinajstić information content (AvgIpc) is 2.86. The monoisotopic (exact) mass is 623 g/mol. The number of phenolic OH excluding ortho intramolecular Hbond substituents is 1. The van der Waals surface area contributed by atoms with Gasteiger partial charge < -0.3 is 15.9 Å². The number of nitrogens with zero attached hydrogens (tertiary/aromatic N) is 2. The van der Waals surface area contributed by atoms with E-state index >= 15 is 0 Å². The number of benzene rings is 1. The fourth-order valence-corrected chi connectivity index (χ4v) is 7.31. The van der Waals surface area contributed by atoms with Crippen molar-refractivity contribution in [3.63, 3.8) is 0 Å². The van der Waals surface area contributed by atoms with E-state index in [1.165, 1.54) is 19.0 Å². The zero-order chi connectivity index (χ0) is 33.3. The second kappa shape index (κ2) is 11.3. The lowest BCUT2D eigenvalue weighted by molar-refractivity contribution is -0.181. The summed E-state index contributed by atoms with van der Waals surface area (Å²) in [7, 11) is 2.86. The van der Waals surface area contributed by atoms with Crippen molar-refractivity contribution in [1.82, 2.24) is 9.80 Å². The third-order valence-corrected chi connectivity index (χ3v) is 9.45. The average molecular weight is 624 g/mol. The summed E-state index contributed by atoms with van der Waals surface area (Å²) >= 11 is 0. The minimum atomic E-state index is -4.92. The number of amides is 1. The molecule has 3 aliphatic rings. The van der Waals surface area contributed by atoms with E-state index in [0.29, 0.717) is 19.5 Å². The maximum Gasteiger partial charge on any atom is 0.417 e. The van der Waals surface area contributed by atoms with E-state index in [4.69, 9.17) is 5.73 Å². The summed E-state index contributed by atoms with van der Waals surface area (Å²) in [6.45, 7) is 8.65. The molecule has 2 fully saturated rings. The minimum Gasteiger partial charge on any atom is -0.507 e. The van der Waals surface area contributed by atoms with Gasteiger partial charge in [-0.2, -0.15) is 13.2 Å². The number of aliphatic hydroxyl groups is 1. The van der Waals surface area contributed by atoms with Gasteiger partial charge in [-0.15, -0.1) is 0 Å². The Kier molecular flexibility index (Phi) is 8.68. The summed E-state index contributed by atoms with van der Waals surface area (Å²) in [5.74, 6) is -13.4. The molecular formula is C31H40F3N3O7. The minimum absolute atomic E-state index is 0.0705. The Morgan fingerprint density at radius 1 is 1.11 bits per heavy atom. The number of primary amides is 1. The summed E-state index contributed by atoms with van der Waals surface area (Å²) < 4.78 is 44.4. The molecule has 0 aliphatic heterocycles. The van der Waals surface area contributed by atoms with Gasteiger partial charge in [0.2, 0.25) is 5.91 Å². The van der Waals surface area contributed by atoms with Crippen molar-refractivity contribution in [2.24, 2.45) is 34.8 Å². The van der Waals surface area contributed by atoms with Gasteiger partial charge in [-0.3, -0.25) is 33.8 Å². The molecule has 4 rings (SSSR count). The summed E-state index contributed by atoms with van der Waals surface area (Å²) in [6, 6.07) is -0.445. The summed E-state index contributed by atoms with van der Waals surface area (Å²) in [4.78, 5) is 69.6. The Bertz CT molecular complexity index is 1420. The molecular weight excluding hydrogens is 583 g/mol. The maximum atomic E-state index is 14.8. The summed E-state index contributed by atoms with van der Waals surface area (Å²) in [6.07, 6.45) is -5.01. The molecule has 1 aromatic rings. The van der Waals surface area contributed by atoms with Gasteiger partial charge >= 0.3 is 6.18 Å².